The molecular weight excluding hydrogens is 252 g/mol. The summed E-state index contributed by atoms with van der Waals surface area (Å²) in [4.78, 5) is 0. The van der Waals surface area contributed by atoms with Gasteiger partial charge in [0.2, 0.25) is 0 Å². The van der Waals surface area contributed by atoms with Crippen molar-refractivity contribution in [2.75, 3.05) is 19.3 Å². The van der Waals surface area contributed by atoms with Gasteiger partial charge < -0.3 is 9.47 Å². The first-order valence-electron chi connectivity index (χ1n) is 3.74. The maximum absolute atomic E-state index is 5.46. The van der Waals surface area contributed by atoms with Gasteiger partial charge in [-0.3, -0.25) is 0 Å². The van der Waals surface area contributed by atoms with E-state index in [9.17, 15) is 0 Å². The van der Waals surface area contributed by atoms with E-state index in [0.29, 0.717) is 5.94 Å². The van der Waals surface area contributed by atoms with Crippen molar-refractivity contribution in [3.8, 4) is 11.5 Å². The van der Waals surface area contributed by atoms with E-state index in [2.05, 4.69) is 15.9 Å². The normalized spacial score (nSPS) is 9.77. The van der Waals surface area contributed by atoms with Crippen LogP contribution < -0.4 is 9.47 Å². The molecule has 1 rings (SSSR count). The molecule has 0 radical (unpaired) electrons. The van der Waals surface area contributed by atoms with E-state index in [1.807, 2.05) is 24.5 Å². The van der Waals surface area contributed by atoms with Crippen LogP contribution in [0.15, 0.2) is 22.7 Å². The molecule has 0 aliphatic heterocycles. The zero-order valence-electron chi connectivity index (χ0n) is 7.54. The molecule has 1 aromatic carbocycles. The number of rotatable bonds is 4. The van der Waals surface area contributed by atoms with Gasteiger partial charge in [0.25, 0.3) is 0 Å². The van der Waals surface area contributed by atoms with Crippen LogP contribution in [0.25, 0.3) is 0 Å². The lowest BCUT2D eigenvalue weighted by Crippen LogP contribution is -1.94. The largest absolute Gasteiger partial charge is 0.495 e. The Morgan fingerprint density at radius 2 is 2.08 bits per heavy atom. The van der Waals surface area contributed by atoms with Gasteiger partial charge in [0.15, 0.2) is 0 Å². The summed E-state index contributed by atoms with van der Waals surface area (Å²) in [6.45, 7) is 0. The maximum Gasteiger partial charge on any atom is 0.138 e. The first kappa shape index (κ1) is 10.7. The van der Waals surface area contributed by atoms with Crippen LogP contribution in [0.1, 0.15) is 0 Å². The molecule has 4 heteroatoms. The Labute approximate surface area is 90.7 Å². The lowest BCUT2D eigenvalue weighted by Gasteiger charge is -2.09. The minimum atomic E-state index is 0.645. The van der Waals surface area contributed by atoms with Gasteiger partial charge in [-0.2, -0.15) is 0 Å². The monoisotopic (exact) mass is 262 g/mol. The number of ether oxygens (including phenoxy) is 2. The zero-order chi connectivity index (χ0) is 9.68. The van der Waals surface area contributed by atoms with Crippen LogP contribution >= 0.6 is 27.7 Å². The molecule has 0 unspecified atom stereocenters. The van der Waals surface area contributed by atoms with Crippen LogP contribution in [-0.4, -0.2) is 19.3 Å². The van der Waals surface area contributed by atoms with Crippen LogP contribution in [0, 0.1) is 0 Å². The topological polar surface area (TPSA) is 18.5 Å². The Morgan fingerprint density at radius 1 is 1.38 bits per heavy atom. The second-order valence-electron chi connectivity index (χ2n) is 2.32. The second kappa shape index (κ2) is 5.40. The molecule has 72 valence electrons. The molecule has 2 nitrogen and oxygen atoms in total. The Morgan fingerprint density at radius 3 is 2.69 bits per heavy atom. The predicted octanol–water partition coefficient (Wildman–Crippen LogP) is 3.16. The molecule has 0 bridgehead atoms. The predicted molar refractivity (Wildman–Crippen MR) is 59.7 cm³/mol. The van der Waals surface area contributed by atoms with Crippen molar-refractivity contribution in [1.29, 1.82) is 0 Å². The van der Waals surface area contributed by atoms with Gasteiger partial charge in [0.1, 0.15) is 21.9 Å². The van der Waals surface area contributed by atoms with Gasteiger partial charge in [0.05, 0.1) is 7.11 Å². The SMILES string of the molecule is COc1cccc(OCSC)c1Br. The van der Waals surface area contributed by atoms with Crippen molar-refractivity contribution in [2.45, 2.75) is 0 Å². The first-order valence-corrected chi connectivity index (χ1v) is 5.92. The minimum Gasteiger partial charge on any atom is -0.495 e. The Hall–Kier alpha value is -0.350. The highest BCUT2D eigenvalue weighted by Gasteiger charge is 2.05. The van der Waals surface area contributed by atoms with Crippen molar-refractivity contribution < 1.29 is 9.47 Å². The molecule has 0 aromatic heterocycles. The van der Waals surface area contributed by atoms with E-state index in [-0.39, 0.29) is 0 Å². The van der Waals surface area contributed by atoms with E-state index in [1.165, 1.54) is 0 Å². The zero-order valence-corrected chi connectivity index (χ0v) is 9.94. The number of benzene rings is 1. The number of thioether (sulfide) groups is 1. The molecule has 0 N–H and O–H groups in total. The fraction of sp³-hybridized carbons (Fsp3) is 0.333. The highest BCUT2D eigenvalue weighted by molar-refractivity contribution is 9.10. The molecule has 0 saturated heterocycles. The molecule has 1 aromatic rings. The summed E-state index contributed by atoms with van der Waals surface area (Å²) in [7, 11) is 1.64. The summed E-state index contributed by atoms with van der Waals surface area (Å²) in [5, 5.41) is 0. The van der Waals surface area contributed by atoms with E-state index < -0.39 is 0 Å². The third-order valence-corrected chi connectivity index (χ3v) is 2.62. The highest BCUT2D eigenvalue weighted by atomic mass is 79.9. The van der Waals surface area contributed by atoms with E-state index in [4.69, 9.17) is 9.47 Å². The average molecular weight is 263 g/mol. The standard InChI is InChI=1S/C9H11BrO2S/c1-11-7-4-3-5-8(9(7)10)12-6-13-2/h3-5H,6H2,1-2H3. The van der Waals surface area contributed by atoms with Crippen molar-refractivity contribution >= 4 is 27.7 Å². The molecule has 0 spiro atoms. The number of hydrogen-bond donors (Lipinski definition) is 0. The van der Waals surface area contributed by atoms with Gasteiger partial charge in [-0.15, -0.1) is 11.8 Å². The number of methoxy groups -OCH3 is 1. The molecule has 0 aliphatic carbocycles. The van der Waals surface area contributed by atoms with Crippen molar-refractivity contribution in [3.05, 3.63) is 22.7 Å². The Kier molecular flexibility index (Phi) is 4.45. The summed E-state index contributed by atoms with van der Waals surface area (Å²) in [5.41, 5.74) is 0. The third-order valence-electron chi connectivity index (χ3n) is 1.48. The van der Waals surface area contributed by atoms with Crippen molar-refractivity contribution in [2.24, 2.45) is 0 Å². The summed E-state index contributed by atoms with van der Waals surface area (Å²) < 4.78 is 11.5. The Balaban J connectivity index is 2.81. The van der Waals surface area contributed by atoms with E-state index in [1.54, 1.807) is 18.9 Å². The smallest absolute Gasteiger partial charge is 0.138 e. The van der Waals surface area contributed by atoms with Gasteiger partial charge in [0, 0.05) is 0 Å². The van der Waals surface area contributed by atoms with Gasteiger partial charge >= 0.3 is 0 Å². The van der Waals surface area contributed by atoms with Crippen molar-refractivity contribution in [1.82, 2.24) is 0 Å². The molecule has 0 heterocycles. The second-order valence-corrected chi connectivity index (χ2v) is 3.93. The van der Waals surface area contributed by atoms with Crippen LogP contribution in [-0.2, 0) is 0 Å². The first-order chi connectivity index (χ1) is 6.29. The molecule has 0 atom stereocenters. The van der Waals surface area contributed by atoms with Crippen LogP contribution in [0.3, 0.4) is 0 Å². The summed E-state index contributed by atoms with van der Waals surface area (Å²) in [6, 6.07) is 5.69. The van der Waals surface area contributed by atoms with Crippen LogP contribution in [0.2, 0.25) is 0 Å². The fourth-order valence-electron chi connectivity index (χ4n) is 0.882. The maximum atomic E-state index is 5.46. The average Bonchev–Trinajstić information content (AvgIpc) is 2.16. The Bertz CT molecular complexity index is 278. The molecule has 0 saturated carbocycles. The fourth-order valence-corrected chi connectivity index (χ4v) is 1.67. The number of halogens is 1. The van der Waals surface area contributed by atoms with E-state index >= 15 is 0 Å². The summed E-state index contributed by atoms with van der Waals surface area (Å²) in [6.07, 6.45) is 1.99. The molecular formula is C9H11BrO2S. The molecule has 0 amide bonds. The van der Waals surface area contributed by atoms with Crippen LogP contribution in [0.4, 0.5) is 0 Å². The highest BCUT2D eigenvalue weighted by Crippen LogP contribution is 2.34. The molecule has 0 fully saturated rings. The lowest BCUT2D eigenvalue weighted by molar-refractivity contribution is 0.377. The van der Waals surface area contributed by atoms with Gasteiger partial charge in [-0.05, 0) is 34.3 Å². The van der Waals surface area contributed by atoms with Gasteiger partial charge in [-0.25, -0.2) is 0 Å². The number of hydrogen-bond acceptors (Lipinski definition) is 3. The van der Waals surface area contributed by atoms with Crippen LogP contribution in [0.5, 0.6) is 11.5 Å². The minimum absolute atomic E-state index is 0.645. The molecule has 0 aliphatic rings. The third kappa shape index (κ3) is 2.81. The van der Waals surface area contributed by atoms with Gasteiger partial charge in [-0.1, -0.05) is 6.07 Å². The molecule has 13 heavy (non-hydrogen) atoms. The van der Waals surface area contributed by atoms with E-state index in [0.717, 1.165) is 16.0 Å². The summed E-state index contributed by atoms with van der Waals surface area (Å²) >= 11 is 5.05. The summed E-state index contributed by atoms with van der Waals surface area (Å²) in [5.74, 6) is 2.25. The lowest BCUT2D eigenvalue weighted by atomic mass is 10.3. The quantitative estimate of drug-likeness (QED) is 0.777. The van der Waals surface area contributed by atoms with Crippen molar-refractivity contribution in [3.63, 3.8) is 0 Å².